The van der Waals surface area contributed by atoms with Crippen LogP contribution in [0.3, 0.4) is 0 Å². The molecule has 0 amide bonds. The largest absolute Gasteiger partial charge is 0.461 e. The van der Waals surface area contributed by atoms with E-state index < -0.39 is 0 Å². The van der Waals surface area contributed by atoms with E-state index in [0.29, 0.717) is 0 Å². The Kier molecular flexibility index (Phi) is 4.96. The van der Waals surface area contributed by atoms with Gasteiger partial charge in [0.15, 0.2) is 0 Å². The zero-order valence-corrected chi connectivity index (χ0v) is 14.1. The highest BCUT2D eigenvalue weighted by atomic mass is 16.6. The Morgan fingerprint density at radius 2 is 2.26 bits per heavy atom. The fourth-order valence-electron chi connectivity index (χ4n) is 3.74. The summed E-state index contributed by atoms with van der Waals surface area (Å²) in [6.45, 7) is 6.38. The first-order valence-corrected chi connectivity index (χ1v) is 8.60. The molecule has 0 aliphatic carbocycles. The van der Waals surface area contributed by atoms with E-state index in [0.717, 1.165) is 64.2 Å². The highest BCUT2D eigenvalue weighted by Gasteiger charge is 2.49. The Labute approximate surface area is 137 Å². The number of nitrogens with one attached hydrogen (secondary N) is 1. The predicted molar refractivity (Wildman–Crippen MR) is 85.7 cm³/mol. The maximum atomic E-state index is 12.3. The Bertz CT molecular complexity index is 538. The first kappa shape index (κ1) is 16.4. The Morgan fingerprint density at radius 3 is 3.00 bits per heavy atom. The summed E-state index contributed by atoms with van der Waals surface area (Å²) >= 11 is 0. The summed E-state index contributed by atoms with van der Waals surface area (Å²) in [5, 5.41) is 11.5. The number of nitrogens with zero attached hydrogens (tertiary/aromatic N) is 4. The first-order chi connectivity index (χ1) is 11.1. The molecule has 1 N–H and O–H groups in total. The Balaban J connectivity index is 1.55. The number of hydrogen-bond donors (Lipinski definition) is 1. The third-order valence-electron chi connectivity index (χ3n) is 4.97. The summed E-state index contributed by atoms with van der Waals surface area (Å²) in [7, 11) is 2.05. The number of cyclic esters (lactones) is 1. The van der Waals surface area contributed by atoms with E-state index in [4.69, 9.17) is 4.74 Å². The molecule has 0 saturated carbocycles. The highest BCUT2D eigenvalue weighted by Crippen LogP contribution is 2.41. The van der Waals surface area contributed by atoms with Gasteiger partial charge in [-0.3, -0.25) is 9.69 Å². The van der Waals surface area contributed by atoms with E-state index in [2.05, 4.69) is 31.9 Å². The molecule has 2 fully saturated rings. The number of rotatable bonds is 6. The Hall–Kier alpha value is -1.47. The van der Waals surface area contributed by atoms with Gasteiger partial charge in [0.25, 0.3) is 0 Å². The van der Waals surface area contributed by atoms with Gasteiger partial charge in [-0.15, -0.1) is 10.2 Å². The van der Waals surface area contributed by atoms with E-state index in [9.17, 15) is 4.79 Å². The zero-order chi connectivity index (χ0) is 16.3. The molecule has 0 aromatic carbocycles. The number of carbonyl (C=O) groups excluding carboxylic acids is 1. The second-order valence-electron chi connectivity index (χ2n) is 6.90. The van der Waals surface area contributed by atoms with Gasteiger partial charge in [-0.25, -0.2) is 0 Å². The van der Waals surface area contributed by atoms with Crippen LogP contribution in [0.15, 0.2) is 6.33 Å². The van der Waals surface area contributed by atoms with Crippen LogP contribution in [0.4, 0.5) is 0 Å². The minimum Gasteiger partial charge on any atom is -0.461 e. The van der Waals surface area contributed by atoms with Crippen molar-refractivity contribution in [2.75, 3.05) is 26.7 Å². The van der Waals surface area contributed by atoms with Crippen LogP contribution in [0.5, 0.6) is 0 Å². The number of aryl methyl sites for hydroxylation is 1. The van der Waals surface area contributed by atoms with Crippen LogP contribution in [-0.4, -0.2) is 58.4 Å². The lowest BCUT2D eigenvalue weighted by Gasteiger charge is -2.29. The molecule has 7 heteroatoms. The molecule has 1 atom stereocenters. The standard InChI is InChI=1S/C16H27N5O2/c1-3-8-21-12-18-19-14(21)11-20(2)10-13-9-16(15(22)23-13)4-6-17-7-5-16/h12-13,17H,3-11H2,1-2H3. The second kappa shape index (κ2) is 6.97. The van der Waals surface area contributed by atoms with E-state index in [-0.39, 0.29) is 17.5 Å². The number of ether oxygens (including phenoxy) is 1. The quantitative estimate of drug-likeness (QED) is 0.782. The molecule has 7 nitrogen and oxygen atoms in total. The number of piperidine rings is 1. The summed E-state index contributed by atoms with van der Waals surface area (Å²) in [6, 6.07) is 0. The van der Waals surface area contributed by atoms with Gasteiger partial charge in [0.1, 0.15) is 18.3 Å². The minimum absolute atomic E-state index is 0.00606. The molecule has 0 radical (unpaired) electrons. The minimum atomic E-state index is -0.237. The van der Waals surface area contributed by atoms with Crippen molar-refractivity contribution in [3.05, 3.63) is 12.2 Å². The lowest BCUT2D eigenvalue weighted by molar-refractivity contribution is -0.150. The molecule has 1 spiro atoms. The highest BCUT2D eigenvalue weighted by molar-refractivity contribution is 5.79. The molecule has 1 aromatic heterocycles. The molecule has 1 unspecified atom stereocenters. The van der Waals surface area contributed by atoms with Crippen molar-refractivity contribution in [1.82, 2.24) is 25.0 Å². The van der Waals surface area contributed by atoms with Crippen LogP contribution in [0.25, 0.3) is 0 Å². The summed E-state index contributed by atoms with van der Waals surface area (Å²) in [5.41, 5.74) is -0.237. The van der Waals surface area contributed by atoms with Crippen molar-refractivity contribution in [2.24, 2.45) is 5.41 Å². The van der Waals surface area contributed by atoms with Crippen molar-refractivity contribution in [3.8, 4) is 0 Å². The average molecular weight is 321 g/mol. The molecule has 128 valence electrons. The first-order valence-electron chi connectivity index (χ1n) is 8.60. The summed E-state index contributed by atoms with van der Waals surface area (Å²) in [4.78, 5) is 14.5. The van der Waals surface area contributed by atoms with Crippen LogP contribution < -0.4 is 5.32 Å². The predicted octanol–water partition coefficient (Wildman–Crippen LogP) is 0.805. The molecule has 2 saturated heterocycles. The number of likely N-dealkylation sites (N-methyl/N-ethyl adjacent to an activating group) is 1. The molecule has 3 rings (SSSR count). The summed E-state index contributed by atoms with van der Waals surface area (Å²) in [6.07, 6.45) is 5.48. The van der Waals surface area contributed by atoms with Crippen molar-refractivity contribution in [3.63, 3.8) is 0 Å². The average Bonchev–Trinajstić information content (AvgIpc) is 3.06. The van der Waals surface area contributed by atoms with E-state index in [1.165, 1.54) is 0 Å². The third-order valence-corrected chi connectivity index (χ3v) is 4.97. The second-order valence-corrected chi connectivity index (χ2v) is 6.90. The SMILES string of the molecule is CCCn1cnnc1CN(C)CC1CC2(CCNCC2)C(=O)O1. The summed E-state index contributed by atoms with van der Waals surface area (Å²) < 4.78 is 7.76. The van der Waals surface area contributed by atoms with Gasteiger partial charge in [0, 0.05) is 19.5 Å². The molecule has 1 aromatic rings. The van der Waals surface area contributed by atoms with Crippen LogP contribution in [0.2, 0.25) is 0 Å². The van der Waals surface area contributed by atoms with Crippen LogP contribution in [-0.2, 0) is 22.6 Å². The van der Waals surface area contributed by atoms with Gasteiger partial charge < -0.3 is 14.6 Å². The van der Waals surface area contributed by atoms with E-state index >= 15 is 0 Å². The van der Waals surface area contributed by atoms with Crippen molar-refractivity contribution < 1.29 is 9.53 Å². The zero-order valence-electron chi connectivity index (χ0n) is 14.1. The fraction of sp³-hybridized carbons (Fsp3) is 0.812. The normalized spacial score (nSPS) is 23.6. The van der Waals surface area contributed by atoms with Crippen molar-refractivity contribution >= 4 is 5.97 Å². The van der Waals surface area contributed by atoms with Crippen LogP contribution in [0.1, 0.15) is 38.4 Å². The maximum Gasteiger partial charge on any atom is 0.312 e. The molecule has 23 heavy (non-hydrogen) atoms. The number of hydrogen-bond acceptors (Lipinski definition) is 6. The van der Waals surface area contributed by atoms with E-state index in [1.807, 2.05) is 7.05 Å². The van der Waals surface area contributed by atoms with Crippen LogP contribution in [0, 0.1) is 5.41 Å². The number of carbonyl (C=O) groups is 1. The van der Waals surface area contributed by atoms with Gasteiger partial charge in [0.05, 0.1) is 12.0 Å². The number of aromatic nitrogens is 3. The molecular weight excluding hydrogens is 294 g/mol. The molecule has 3 heterocycles. The monoisotopic (exact) mass is 321 g/mol. The Morgan fingerprint density at radius 1 is 1.48 bits per heavy atom. The maximum absolute atomic E-state index is 12.3. The smallest absolute Gasteiger partial charge is 0.312 e. The van der Waals surface area contributed by atoms with Gasteiger partial charge in [-0.05, 0) is 39.4 Å². The summed E-state index contributed by atoms with van der Waals surface area (Å²) in [5.74, 6) is 0.974. The van der Waals surface area contributed by atoms with Crippen molar-refractivity contribution in [2.45, 2.75) is 51.8 Å². The lowest BCUT2D eigenvalue weighted by Crippen LogP contribution is -2.39. The fourth-order valence-corrected chi connectivity index (χ4v) is 3.74. The topological polar surface area (TPSA) is 72.3 Å². The lowest BCUT2D eigenvalue weighted by atomic mass is 9.76. The third kappa shape index (κ3) is 3.55. The van der Waals surface area contributed by atoms with Gasteiger partial charge in [-0.1, -0.05) is 6.92 Å². The van der Waals surface area contributed by atoms with Crippen molar-refractivity contribution in [1.29, 1.82) is 0 Å². The van der Waals surface area contributed by atoms with Gasteiger partial charge in [-0.2, -0.15) is 0 Å². The van der Waals surface area contributed by atoms with Gasteiger partial charge in [0.2, 0.25) is 0 Å². The van der Waals surface area contributed by atoms with Crippen LogP contribution >= 0.6 is 0 Å². The van der Waals surface area contributed by atoms with E-state index in [1.54, 1.807) is 6.33 Å². The molecule has 0 bridgehead atoms. The molecule has 2 aliphatic rings. The van der Waals surface area contributed by atoms with Gasteiger partial charge >= 0.3 is 5.97 Å². The molecule has 2 aliphatic heterocycles. The number of esters is 1. The molecular formula is C16H27N5O2.